The van der Waals surface area contributed by atoms with Gasteiger partial charge in [-0.3, -0.25) is 4.68 Å². The molecular formula is C16H21F2N3. The highest BCUT2D eigenvalue weighted by molar-refractivity contribution is 5.20. The number of nitrogens with one attached hydrogen (secondary N) is 1. The molecule has 0 spiro atoms. The van der Waals surface area contributed by atoms with Gasteiger partial charge >= 0.3 is 0 Å². The van der Waals surface area contributed by atoms with Crippen LogP contribution >= 0.6 is 0 Å². The third-order valence-corrected chi connectivity index (χ3v) is 3.66. The summed E-state index contributed by atoms with van der Waals surface area (Å²) in [5, 5.41) is 7.63. The van der Waals surface area contributed by atoms with Gasteiger partial charge in [-0.2, -0.15) is 5.10 Å². The first-order chi connectivity index (χ1) is 10.0. The van der Waals surface area contributed by atoms with Gasteiger partial charge in [-0.15, -0.1) is 0 Å². The van der Waals surface area contributed by atoms with Crippen LogP contribution in [0.15, 0.2) is 24.3 Å². The summed E-state index contributed by atoms with van der Waals surface area (Å²) in [5.41, 5.74) is 2.83. The first-order valence-electron chi connectivity index (χ1n) is 7.15. The molecule has 0 radical (unpaired) electrons. The zero-order valence-electron chi connectivity index (χ0n) is 12.7. The van der Waals surface area contributed by atoms with Crippen molar-refractivity contribution in [2.24, 2.45) is 7.05 Å². The molecule has 1 aromatic heterocycles. The fourth-order valence-corrected chi connectivity index (χ4v) is 2.48. The third-order valence-electron chi connectivity index (χ3n) is 3.66. The number of nitrogens with zero attached hydrogens (tertiary/aromatic N) is 2. The van der Waals surface area contributed by atoms with Crippen molar-refractivity contribution in [2.75, 3.05) is 7.05 Å². The van der Waals surface area contributed by atoms with Gasteiger partial charge in [-0.1, -0.05) is 6.92 Å². The SMILES string of the molecule is CCc1cc(CC(Cc2cc(F)cc(F)c2)NC)n(C)n1. The van der Waals surface area contributed by atoms with E-state index < -0.39 is 11.6 Å². The van der Waals surface area contributed by atoms with Gasteiger partial charge in [0.05, 0.1) is 5.69 Å². The van der Waals surface area contributed by atoms with E-state index in [0.29, 0.717) is 12.0 Å². The molecule has 0 amide bonds. The highest BCUT2D eigenvalue weighted by atomic mass is 19.1. The fraction of sp³-hybridized carbons (Fsp3) is 0.438. The number of hydrogen-bond donors (Lipinski definition) is 1. The minimum Gasteiger partial charge on any atom is -0.316 e. The van der Waals surface area contributed by atoms with E-state index in [0.717, 1.165) is 30.3 Å². The topological polar surface area (TPSA) is 29.9 Å². The van der Waals surface area contributed by atoms with Gasteiger partial charge in [0.1, 0.15) is 11.6 Å². The summed E-state index contributed by atoms with van der Waals surface area (Å²) in [6.07, 6.45) is 2.23. The fourth-order valence-electron chi connectivity index (χ4n) is 2.48. The summed E-state index contributed by atoms with van der Waals surface area (Å²) in [5.74, 6) is -1.07. The largest absolute Gasteiger partial charge is 0.316 e. The van der Waals surface area contributed by atoms with E-state index in [1.807, 2.05) is 18.8 Å². The Labute approximate surface area is 124 Å². The number of benzene rings is 1. The number of rotatable bonds is 6. The molecule has 3 nitrogen and oxygen atoms in total. The lowest BCUT2D eigenvalue weighted by atomic mass is 10.0. The molecule has 1 unspecified atom stereocenters. The molecule has 1 heterocycles. The Hall–Kier alpha value is -1.75. The van der Waals surface area contributed by atoms with E-state index in [4.69, 9.17) is 0 Å². The molecule has 0 aliphatic carbocycles. The van der Waals surface area contributed by atoms with Gasteiger partial charge in [-0.25, -0.2) is 8.78 Å². The highest BCUT2D eigenvalue weighted by Gasteiger charge is 2.13. The van der Waals surface area contributed by atoms with Crippen LogP contribution in [-0.2, 0) is 26.3 Å². The van der Waals surface area contributed by atoms with Crippen molar-refractivity contribution >= 4 is 0 Å². The Morgan fingerprint density at radius 3 is 2.33 bits per heavy atom. The van der Waals surface area contributed by atoms with E-state index in [9.17, 15) is 8.78 Å². The van der Waals surface area contributed by atoms with Crippen LogP contribution in [0.2, 0.25) is 0 Å². The second kappa shape index (κ2) is 6.80. The predicted molar refractivity (Wildman–Crippen MR) is 79.2 cm³/mol. The maximum atomic E-state index is 13.2. The molecule has 114 valence electrons. The number of hydrogen-bond acceptors (Lipinski definition) is 2. The second-order valence-electron chi connectivity index (χ2n) is 5.28. The van der Waals surface area contributed by atoms with E-state index in [1.54, 1.807) is 0 Å². The quantitative estimate of drug-likeness (QED) is 0.887. The third kappa shape index (κ3) is 4.11. The van der Waals surface area contributed by atoms with Crippen molar-refractivity contribution in [2.45, 2.75) is 32.2 Å². The van der Waals surface area contributed by atoms with Crippen LogP contribution in [0.25, 0.3) is 0 Å². The summed E-state index contributed by atoms with van der Waals surface area (Å²) in [6, 6.07) is 5.84. The summed E-state index contributed by atoms with van der Waals surface area (Å²) in [4.78, 5) is 0. The van der Waals surface area contributed by atoms with Crippen molar-refractivity contribution in [1.29, 1.82) is 0 Å². The minimum atomic E-state index is -0.534. The van der Waals surface area contributed by atoms with E-state index >= 15 is 0 Å². The lowest BCUT2D eigenvalue weighted by Crippen LogP contribution is -2.30. The number of likely N-dealkylation sites (N-methyl/N-ethyl adjacent to an activating group) is 1. The first kappa shape index (κ1) is 15.6. The summed E-state index contributed by atoms with van der Waals surface area (Å²) in [6.45, 7) is 2.07. The van der Waals surface area contributed by atoms with Crippen LogP contribution in [0.4, 0.5) is 8.78 Å². The van der Waals surface area contributed by atoms with Crippen LogP contribution in [0.1, 0.15) is 23.9 Å². The van der Waals surface area contributed by atoms with Crippen molar-refractivity contribution < 1.29 is 8.78 Å². The zero-order chi connectivity index (χ0) is 15.4. The molecule has 0 aliphatic heterocycles. The summed E-state index contributed by atoms with van der Waals surface area (Å²) >= 11 is 0. The predicted octanol–water partition coefficient (Wildman–Crippen LogP) is 2.63. The normalized spacial score (nSPS) is 12.6. The van der Waals surface area contributed by atoms with Gasteiger partial charge < -0.3 is 5.32 Å². The molecule has 2 rings (SSSR count). The van der Waals surface area contributed by atoms with E-state index in [2.05, 4.69) is 23.4 Å². The average molecular weight is 293 g/mol. The van der Waals surface area contributed by atoms with Crippen molar-refractivity contribution in [3.63, 3.8) is 0 Å². The Balaban J connectivity index is 2.10. The Morgan fingerprint density at radius 1 is 1.14 bits per heavy atom. The minimum absolute atomic E-state index is 0.103. The van der Waals surface area contributed by atoms with Crippen LogP contribution in [0.3, 0.4) is 0 Å². The molecule has 5 heteroatoms. The van der Waals surface area contributed by atoms with Crippen molar-refractivity contribution in [3.8, 4) is 0 Å². The summed E-state index contributed by atoms with van der Waals surface area (Å²) in [7, 11) is 3.78. The Morgan fingerprint density at radius 2 is 1.81 bits per heavy atom. The highest BCUT2D eigenvalue weighted by Crippen LogP contribution is 2.13. The average Bonchev–Trinajstić information content (AvgIpc) is 2.77. The van der Waals surface area contributed by atoms with Crippen LogP contribution in [0.5, 0.6) is 0 Å². The lowest BCUT2D eigenvalue weighted by Gasteiger charge is -2.16. The molecule has 21 heavy (non-hydrogen) atoms. The Bertz CT molecular complexity index is 587. The molecular weight excluding hydrogens is 272 g/mol. The molecule has 0 saturated carbocycles. The molecule has 0 fully saturated rings. The molecule has 1 atom stereocenters. The molecule has 0 bridgehead atoms. The van der Waals surface area contributed by atoms with Gasteiger partial charge in [0.15, 0.2) is 0 Å². The molecule has 1 N–H and O–H groups in total. The number of aromatic nitrogens is 2. The monoisotopic (exact) mass is 293 g/mol. The number of aryl methyl sites for hydroxylation is 2. The van der Waals surface area contributed by atoms with Gasteiger partial charge in [-0.05, 0) is 43.7 Å². The molecule has 1 aromatic carbocycles. The molecule has 2 aromatic rings. The molecule has 0 aliphatic rings. The standard InChI is InChI=1S/C16H21F2N3/c1-4-14-9-16(21(3)20-14)10-15(19-2)7-11-5-12(17)8-13(18)6-11/h5-6,8-9,15,19H,4,7,10H2,1-3H3. The second-order valence-corrected chi connectivity index (χ2v) is 5.28. The smallest absolute Gasteiger partial charge is 0.126 e. The number of halogens is 2. The van der Waals surface area contributed by atoms with E-state index in [-0.39, 0.29) is 6.04 Å². The van der Waals surface area contributed by atoms with Crippen LogP contribution in [-0.4, -0.2) is 22.9 Å². The van der Waals surface area contributed by atoms with Crippen LogP contribution < -0.4 is 5.32 Å². The van der Waals surface area contributed by atoms with E-state index in [1.165, 1.54) is 12.1 Å². The first-order valence-corrected chi connectivity index (χ1v) is 7.15. The Kier molecular flexibility index (Phi) is 5.07. The van der Waals surface area contributed by atoms with Crippen LogP contribution in [0, 0.1) is 11.6 Å². The van der Waals surface area contributed by atoms with Gasteiger partial charge in [0, 0.05) is 31.3 Å². The van der Waals surface area contributed by atoms with Crippen molar-refractivity contribution in [1.82, 2.24) is 15.1 Å². The lowest BCUT2D eigenvalue weighted by molar-refractivity contribution is 0.526. The molecule has 0 saturated heterocycles. The summed E-state index contributed by atoms with van der Waals surface area (Å²) < 4.78 is 28.4. The maximum absolute atomic E-state index is 13.2. The van der Waals surface area contributed by atoms with Crippen molar-refractivity contribution in [3.05, 3.63) is 52.9 Å². The zero-order valence-corrected chi connectivity index (χ0v) is 12.7. The van der Waals surface area contributed by atoms with Gasteiger partial charge in [0.2, 0.25) is 0 Å². The maximum Gasteiger partial charge on any atom is 0.126 e. The van der Waals surface area contributed by atoms with Gasteiger partial charge in [0.25, 0.3) is 0 Å².